The van der Waals surface area contributed by atoms with Crippen LogP contribution in [0.25, 0.3) is 0 Å². The summed E-state index contributed by atoms with van der Waals surface area (Å²) in [5.74, 6) is 1.11. The first-order chi connectivity index (χ1) is 14.5. The number of carbonyl (C=O) groups is 1. The SMILES string of the molecule is O=C(NCc1ccc2c(c1)OCCO2)c1ccc(NS(=O)(=O)c2ccccc2)cc1. The van der Waals surface area contributed by atoms with Crippen molar-refractivity contribution in [1.29, 1.82) is 0 Å². The fourth-order valence-corrected chi connectivity index (χ4v) is 4.07. The normalized spacial score (nSPS) is 12.8. The lowest BCUT2D eigenvalue weighted by Gasteiger charge is -2.19. The van der Waals surface area contributed by atoms with Crippen molar-refractivity contribution in [1.82, 2.24) is 5.32 Å². The summed E-state index contributed by atoms with van der Waals surface area (Å²) in [7, 11) is -3.67. The molecule has 0 aliphatic carbocycles. The van der Waals surface area contributed by atoms with E-state index in [1.165, 1.54) is 12.1 Å². The molecule has 30 heavy (non-hydrogen) atoms. The van der Waals surface area contributed by atoms with Crippen molar-refractivity contribution in [2.75, 3.05) is 17.9 Å². The Morgan fingerprint density at radius 3 is 2.30 bits per heavy atom. The van der Waals surface area contributed by atoms with Crippen LogP contribution < -0.4 is 19.5 Å². The number of benzene rings is 3. The zero-order valence-electron chi connectivity index (χ0n) is 16.0. The van der Waals surface area contributed by atoms with Crippen LogP contribution in [0, 0.1) is 0 Å². The second kappa shape index (κ2) is 8.46. The lowest BCUT2D eigenvalue weighted by Crippen LogP contribution is -2.23. The van der Waals surface area contributed by atoms with E-state index in [0.717, 1.165) is 5.56 Å². The summed E-state index contributed by atoms with van der Waals surface area (Å²) in [6.07, 6.45) is 0. The molecule has 1 amide bonds. The van der Waals surface area contributed by atoms with Crippen LogP contribution in [0.1, 0.15) is 15.9 Å². The zero-order valence-corrected chi connectivity index (χ0v) is 16.8. The number of hydrogen-bond acceptors (Lipinski definition) is 5. The Balaban J connectivity index is 1.37. The average Bonchev–Trinajstić information content (AvgIpc) is 2.78. The minimum atomic E-state index is -3.67. The summed E-state index contributed by atoms with van der Waals surface area (Å²) >= 11 is 0. The van der Waals surface area contributed by atoms with E-state index in [1.54, 1.807) is 42.5 Å². The molecule has 154 valence electrons. The number of anilines is 1. The molecule has 3 aromatic carbocycles. The second-order valence-electron chi connectivity index (χ2n) is 6.66. The summed E-state index contributed by atoms with van der Waals surface area (Å²) < 4.78 is 38.3. The van der Waals surface area contributed by atoms with Crippen molar-refractivity contribution in [3.05, 3.63) is 83.9 Å². The first-order valence-corrected chi connectivity index (χ1v) is 10.8. The van der Waals surface area contributed by atoms with Crippen molar-refractivity contribution in [2.45, 2.75) is 11.4 Å². The van der Waals surface area contributed by atoms with Gasteiger partial charge in [0, 0.05) is 17.8 Å². The lowest BCUT2D eigenvalue weighted by molar-refractivity contribution is 0.0951. The molecule has 4 rings (SSSR count). The molecule has 0 bridgehead atoms. The predicted octanol–water partition coefficient (Wildman–Crippen LogP) is 3.19. The third-order valence-electron chi connectivity index (χ3n) is 4.51. The summed E-state index contributed by atoms with van der Waals surface area (Å²) in [6, 6.07) is 19.9. The maximum Gasteiger partial charge on any atom is 0.261 e. The van der Waals surface area contributed by atoms with Gasteiger partial charge < -0.3 is 14.8 Å². The van der Waals surface area contributed by atoms with Gasteiger partial charge in [-0.05, 0) is 54.1 Å². The lowest BCUT2D eigenvalue weighted by atomic mass is 10.1. The van der Waals surface area contributed by atoms with Crippen LogP contribution in [0.3, 0.4) is 0 Å². The predicted molar refractivity (Wildman–Crippen MR) is 112 cm³/mol. The standard InChI is InChI=1S/C22H20N2O5S/c25-22(23-15-16-6-11-20-21(14-16)29-13-12-28-20)17-7-9-18(10-8-17)24-30(26,27)19-4-2-1-3-5-19/h1-11,14,24H,12-13,15H2,(H,23,25). The van der Waals surface area contributed by atoms with E-state index >= 15 is 0 Å². The third kappa shape index (κ3) is 4.55. The number of sulfonamides is 1. The topological polar surface area (TPSA) is 93.7 Å². The summed E-state index contributed by atoms with van der Waals surface area (Å²) in [4.78, 5) is 12.6. The highest BCUT2D eigenvalue weighted by Crippen LogP contribution is 2.30. The molecule has 7 nitrogen and oxygen atoms in total. The Labute approximate surface area is 174 Å². The minimum absolute atomic E-state index is 0.172. The van der Waals surface area contributed by atoms with Gasteiger partial charge in [0.15, 0.2) is 11.5 Å². The molecule has 0 aromatic heterocycles. The summed E-state index contributed by atoms with van der Waals surface area (Å²) in [6.45, 7) is 1.36. The highest BCUT2D eigenvalue weighted by Gasteiger charge is 2.15. The van der Waals surface area contributed by atoms with Crippen LogP contribution in [-0.4, -0.2) is 27.5 Å². The zero-order chi connectivity index (χ0) is 21.0. The smallest absolute Gasteiger partial charge is 0.261 e. The molecule has 0 saturated carbocycles. The number of carbonyl (C=O) groups excluding carboxylic acids is 1. The van der Waals surface area contributed by atoms with Gasteiger partial charge >= 0.3 is 0 Å². The summed E-state index contributed by atoms with van der Waals surface area (Å²) in [5, 5.41) is 2.84. The maximum atomic E-state index is 12.4. The van der Waals surface area contributed by atoms with Crippen molar-refractivity contribution >= 4 is 21.6 Å². The molecule has 0 unspecified atom stereocenters. The van der Waals surface area contributed by atoms with Gasteiger partial charge in [0.05, 0.1) is 4.90 Å². The molecule has 2 N–H and O–H groups in total. The van der Waals surface area contributed by atoms with Gasteiger partial charge in [-0.15, -0.1) is 0 Å². The Hall–Kier alpha value is -3.52. The molecular weight excluding hydrogens is 404 g/mol. The third-order valence-corrected chi connectivity index (χ3v) is 5.91. The highest BCUT2D eigenvalue weighted by atomic mass is 32.2. The molecular formula is C22H20N2O5S. The van der Waals surface area contributed by atoms with Crippen molar-refractivity contribution in [3.63, 3.8) is 0 Å². The van der Waals surface area contributed by atoms with Crippen LogP contribution in [0.2, 0.25) is 0 Å². The van der Waals surface area contributed by atoms with Crippen LogP contribution in [0.4, 0.5) is 5.69 Å². The quantitative estimate of drug-likeness (QED) is 0.634. The molecule has 0 saturated heterocycles. The largest absolute Gasteiger partial charge is 0.486 e. The molecule has 3 aromatic rings. The fourth-order valence-electron chi connectivity index (χ4n) is 2.99. The Morgan fingerprint density at radius 1 is 0.867 bits per heavy atom. The van der Waals surface area contributed by atoms with E-state index in [2.05, 4.69) is 10.0 Å². The van der Waals surface area contributed by atoms with Gasteiger partial charge in [0.2, 0.25) is 0 Å². The second-order valence-corrected chi connectivity index (χ2v) is 8.34. The van der Waals surface area contributed by atoms with Crippen molar-refractivity contribution in [2.24, 2.45) is 0 Å². The molecule has 1 aliphatic rings. The van der Waals surface area contributed by atoms with Crippen LogP contribution >= 0.6 is 0 Å². The first kappa shape index (κ1) is 19.8. The van der Waals surface area contributed by atoms with E-state index < -0.39 is 10.0 Å². The van der Waals surface area contributed by atoms with Crippen LogP contribution in [-0.2, 0) is 16.6 Å². The Kier molecular flexibility index (Phi) is 5.58. The van der Waals surface area contributed by atoms with Crippen LogP contribution in [0.15, 0.2) is 77.7 Å². The van der Waals surface area contributed by atoms with Gasteiger partial charge in [0.1, 0.15) is 13.2 Å². The van der Waals surface area contributed by atoms with Crippen LogP contribution in [0.5, 0.6) is 11.5 Å². The number of amides is 1. The molecule has 1 heterocycles. The molecule has 0 radical (unpaired) electrons. The number of fused-ring (bicyclic) bond motifs is 1. The molecule has 8 heteroatoms. The molecule has 0 spiro atoms. The van der Waals surface area contributed by atoms with E-state index in [4.69, 9.17) is 9.47 Å². The van der Waals surface area contributed by atoms with Gasteiger partial charge in [-0.2, -0.15) is 0 Å². The van der Waals surface area contributed by atoms with Crippen molar-refractivity contribution in [3.8, 4) is 11.5 Å². The van der Waals surface area contributed by atoms with E-state index in [-0.39, 0.29) is 10.8 Å². The van der Waals surface area contributed by atoms with E-state index in [0.29, 0.717) is 42.5 Å². The van der Waals surface area contributed by atoms with Gasteiger partial charge in [-0.1, -0.05) is 24.3 Å². The Morgan fingerprint density at radius 2 is 1.57 bits per heavy atom. The van der Waals surface area contributed by atoms with Gasteiger partial charge in [-0.3, -0.25) is 9.52 Å². The average molecular weight is 424 g/mol. The fraction of sp³-hybridized carbons (Fsp3) is 0.136. The highest BCUT2D eigenvalue weighted by molar-refractivity contribution is 7.92. The first-order valence-electron chi connectivity index (χ1n) is 9.36. The van der Waals surface area contributed by atoms with E-state index in [9.17, 15) is 13.2 Å². The Bertz CT molecular complexity index is 1150. The van der Waals surface area contributed by atoms with Crippen molar-refractivity contribution < 1.29 is 22.7 Å². The van der Waals surface area contributed by atoms with Gasteiger partial charge in [-0.25, -0.2) is 8.42 Å². The number of hydrogen-bond donors (Lipinski definition) is 2. The molecule has 1 aliphatic heterocycles. The molecule has 0 atom stereocenters. The summed E-state index contributed by atoms with van der Waals surface area (Å²) in [5.41, 5.74) is 1.69. The minimum Gasteiger partial charge on any atom is -0.486 e. The number of nitrogens with one attached hydrogen (secondary N) is 2. The van der Waals surface area contributed by atoms with E-state index in [1.807, 2.05) is 18.2 Å². The van der Waals surface area contributed by atoms with Gasteiger partial charge in [0.25, 0.3) is 15.9 Å². The monoisotopic (exact) mass is 424 g/mol. The maximum absolute atomic E-state index is 12.4. The number of rotatable bonds is 6. The molecule has 0 fully saturated rings. The number of ether oxygens (including phenoxy) is 2.